The summed E-state index contributed by atoms with van der Waals surface area (Å²) in [6.07, 6.45) is -5.24. The molecule has 178 valence electrons. The summed E-state index contributed by atoms with van der Waals surface area (Å²) < 4.78 is 50.8. The summed E-state index contributed by atoms with van der Waals surface area (Å²) in [7, 11) is 0. The Balaban J connectivity index is 2.81. The lowest BCUT2D eigenvalue weighted by Crippen LogP contribution is -2.13. The van der Waals surface area contributed by atoms with E-state index in [0.29, 0.717) is 17.4 Å². The van der Waals surface area contributed by atoms with Gasteiger partial charge in [-0.15, -0.1) is 11.3 Å². The van der Waals surface area contributed by atoms with Crippen molar-refractivity contribution < 1.29 is 42.1 Å². The molecule has 1 aromatic carbocycles. The third-order valence-corrected chi connectivity index (χ3v) is 5.33. The molecule has 2 aromatic rings. The van der Waals surface area contributed by atoms with Crippen LogP contribution in [0.2, 0.25) is 0 Å². The van der Waals surface area contributed by atoms with E-state index >= 15 is 0 Å². The van der Waals surface area contributed by atoms with Gasteiger partial charge in [-0.25, -0.2) is 9.59 Å². The predicted molar refractivity (Wildman–Crippen MR) is 109 cm³/mol. The van der Waals surface area contributed by atoms with Gasteiger partial charge in [-0.1, -0.05) is 0 Å². The molecule has 0 aliphatic rings. The molecule has 0 aliphatic heterocycles. The molecule has 11 nitrogen and oxygen atoms in total. The molecule has 0 bridgehead atoms. The Labute approximate surface area is 187 Å². The first-order valence-corrected chi connectivity index (χ1v) is 9.93. The lowest BCUT2D eigenvalue weighted by molar-refractivity contribution is -0.394. The van der Waals surface area contributed by atoms with Crippen molar-refractivity contribution in [2.45, 2.75) is 26.9 Å². The number of rotatable bonds is 8. The normalized spacial score (nSPS) is 11.1. The van der Waals surface area contributed by atoms with Gasteiger partial charge in [-0.2, -0.15) is 13.2 Å². The van der Waals surface area contributed by atoms with Crippen LogP contribution in [-0.4, -0.2) is 35.0 Å². The fourth-order valence-electron chi connectivity index (χ4n) is 2.77. The average Bonchev–Trinajstić information content (AvgIpc) is 3.03. The highest BCUT2D eigenvalue weighted by Gasteiger charge is 2.40. The zero-order chi connectivity index (χ0) is 25.1. The van der Waals surface area contributed by atoms with Crippen LogP contribution in [0.25, 0.3) is 0 Å². The van der Waals surface area contributed by atoms with Gasteiger partial charge in [0.25, 0.3) is 11.4 Å². The van der Waals surface area contributed by atoms with Crippen LogP contribution in [0, 0.1) is 27.2 Å². The molecule has 1 heterocycles. The van der Waals surface area contributed by atoms with E-state index in [0.717, 1.165) is 0 Å². The maximum absolute atomic E-state index is 13.7. The number of nitro groups is 2. The van der Waals surface area contributed by atoms with Crippen LogP contribution in [0.3, 0.4) is 0 Å². The molecule has 0 atom stereocenters. The van der Waals surface area contributed by atoms with Crippen LogP contribution in [0.1, 0.15) is 45.0 Å². The topological polar surface area (TPSA) is 151 Å². The van der Waals surface area contributed by atoms with Crippen molar-refractivity contribution in [1.82, 2.24) is 0 Å². The van der Waals surface area contributed by atoms with Crippen molar-refractivity contribution in [3.63, 3.8) is 0 Å². The first kappa shape index (κ1) is 25.5. The highest BCUT2D eigenvalue weighted by Crippen LogP contribution is 2.46. The lowest BCUT2D eigenvalue weighted by Gasteiger charge is -2.15. The smallest absolute Gasteiger partial charge is 0.418 e. The van der Waals surface area contributed by atoms with Crippen LogP contribution in [0.4, 0.5) is 35.2 Å². The zero-order valence-electron chi connectivity index (χ0n) is 17.3. The summed E-state index contributed by atoms with van der Waals surface area (Å²) in [5, 5.41) is 24.3. The molecule has 1 aromatic heterocycles. The molecule has 33 heavy (non-hydrogen) atoms. The molecule has 2 rings (SSSR count). The van der Waals surface area contributed by atoms with Crippen LogP contribution < -0.4 is 5.32 Å². The average molecular weight is 491 g/mol. The Bertz CT molecular complexity index is 1130. The number of nitrogens with one attached hydrogen (secondary N) is 1. The van der Waals surface area contributed by atoms with Gasteiger partial charge in [0.1, 0.15) is 15.6 Å². The van der Waals surface area contributed by atoms with Crippen LogP contribution in [0.15, 0.2) is 12.1 Å². The number of alkyl halides is 3. The van der Waals surface area contributed by atoms with Gasteiger partial charge in [0, 0.05) is 6.07 Å². The summed E-state index contributed by atoms with van der Waals surface area (Å²) in [5.41, 5.74) is -5.56. The monoisotopic (exact) mass is 491 g/mol. The number of ether oxygens (including phenoxy) is 2. The Morgan fingerprint density at radius 2 is 1.64 bits per heavy atom. The number of thiophene rings is 1. The number of carbonyl (C=O) groups excluding carboxylic acids is 2. The van der Waals surface area contributed by atoms with E-state index in [1.165, 1.54) is 20.8 Å². The van der Waals surface area contributed by atoms with Crippen molar-refractivity contribution in [3.05, 3.63) is 53.9 Å². The van der Waals surface area contributed by atoms with Crippen molar-refractivity contribution in [2.75, 3.05) is 18.5 Å². The van der Waals surface area contributed by atoms with E-state index in [1.807, 2.05) is 0 Å². The predicted octanol–water partition coefficient (Wildman–Crippen LogP) is 4.99. The quantitative estimate of drug-likeness (QED) is 0.306. The number of nitrogens with zero attached hydrogens (tertiary/aromatic N) is 2. The second kappa shape index (κ2) is 9.81. The minimum absolute atomic E-state index is 0.0255. The van der Waals surface area contributed by atoms with E-state index in [9.17, 15) is 43.0 Å². The van der Waals surface area contributed by atoms with Crippen LogP contribution >= 0.6 is 11.3 Å². The SMILES string of the molecule is CCOC(=O)c1sc(Nc2c([N+](=O)[O-])cc([N+](=O)[O-])cc2C(F)(F)F)c(C(=O)OCC)c1C. The van der Waals surface area contributed by atoms with Gasteiger partial charge in [0.2, 0.25) is 0 Å². The summed E-state index contributed by atoms with van der Waals surface area (Å²) in [5.74, 6) is -1.87. The van der Waals surface area contributed by atoms with E-state index < -0.39 is 50.6 Å². The van der Waals surface area contributed by atoms with Gasteiger partial charge in [0.15, 0.2) is 0 Å². The summed E-state index contributed by atoms with van der Waals surface area (Å²) in [6.45, 7) is 4.19. The van der Waals surface area contributed by atoms with Gasteiger partial charge in [-0.05, 0) is 26.3 Å². The van der Waals surface area contributed by atoms with Crippen LogP contribution in [-0.2, 0) is 15.7 Å². The molecule has 0 unspecified atom stereocenters. The molecule has 0 radical (unpaired) electrons. The largest absolute Gasteiger partial charge is 0.462 e. The third kappa shape index (κ3) is 5.36. The number of benzene rings is 1. The summed E-state index contributed by atoms with van der Waals surface area (Å²) in [4.78, 5) is 44.6. The first-order chi connectivity index (χ1) is 15.3. The lowest BCUT2D eigenvalue weighted by atomic mass is 10.1. The number of hydrogen-bond donors (Lipinski definition) is 1. The van der Waals surface area contributed by atoms with Gasteiger partial charge in [0.05, 0.1) is 40.3 Å². The Morgan fingerprint density at radius 3 is 2.12 bits per heavy atom. The number of halogens is 3. The van der Waals surface area contributed by atoms with Gasteiger partial charge < -0.3 is 14.8 Å². The summed E-state index contributed by atoms with van der Waals surface area (Å²) in [6, 6.07) is 0.487. The van der Waals surface area contributed by atoms with Gasteiger partial charge in [-0.3, -0.25) is 20.2 Å². The van der Waals surface area contributed by atoms with Crippen LogP contribution in [0.5, 0.6) is 0 Å². The highest BCUT2D eigenvalue weighted by molar-refractivity contribution is 7.18. The first-order valence-electron chi connectivity index (χ1n) is 9.12. The number of nitro benzene ring substituents is 2. The number of esters is 2. The fraction of sp³-hybridized carbons (Fsp3) is 0.333. The van der Waals surface area contributed by atoms with Crippen molar-refractivity contribution in [2.24, 2.45) is 0 Å². The number of anilines is 2. The standard InChI is InChI=1S/C18H16F3N3O8S/c1-4-31-16(25)12-8(3)14(17(26)32-5-2)33-15(12)22-13-10(18(19,20)21)6-9(23(27)28)7-11(13)24(29)30/h6-7,22H,4-5H2,1-3H3. The number of hydrogen-bond acceptors (Lipinski definition) is 10. The van der Waals surface area contributed by atoms with E-state index in [2.05, 4.69) is 5.32 Å². The second-order valence-corrected chi connectivity index (χ2v) is 7.25. The fourth-order valence-corrected chi connectivity index (χ4v) is 3.86. The Kier molecular flexibility index (Phi) is 7.58. The number of carbonyl (C=O) groups is 2. The maximum Gasteiger partial charge on any atom is 0.418 e. The van der Waals surface area contributed by atoms with Crippen molar-refractivity contribution in [3.8, 4) is 0 Å². The molecule has 15 heteroatoms. The van der Waals surface area contributed by atoms with E-state index in [4.69, 9.17) is 9.47 Å². The van der Waals surface area contributed by atoms with E-state index in [-0.39, 0.29) is 40.3 Å². The van der Waals surface area contributed by atoms with Gasteiger partial charge >= 0.3 is 18.1 Å². The molecule has 0 saturated carbocycles. The zero-order valence-corrected chi connectivity index (χ0v) is 18.1. The maximum atomic E-state index is 13.7. The molecule has 1 N–H and O–H groups in total. The van der Waals surface area contributed by atoms with E-state index in [1.54, 1.807) is 0 Å². The summed E-state index contributed by atoms with van der Waals surface area (Å²) >= 11 is 0.523. The minimum atomic E-state index is -5.24. The molecule has 0 saturated heterocycles. The molecular weight excluding hydrogens is 475 g/mol. The second-order valence-electron chi connectivity index (χ2n) is 6.23. The number of non-ortho nitro benzene ring substituents is 1. The Hall–Kier alpha value is -3.75. The van der Waals surface area contributed by atoms with Crippen molar-refractivity contribution in [1.29, 1.82) is 0 Å². The van der Waals surface area contributed by atoms with Crippen molar-refractivity contribution >= 4 is 45.3 Å². The molecule has 0 fully saturated rings. The molecular formula is C18H16F3N3O8S. The Morgan fingerprint density at radius 1 is 1.06 bits per heavy atom. The molecule has 0 spiro atoms. The minimum Gasteiger partial charge on any atom is -0.462 e. The third-order valence-electron chi connectivity index (χ3n) is 4.14. The molecule has 0 aliphatic carbocycles. The highest BCUT2D eigenvalue weighted by atomic mass is 32.1. The molecule has 0 amide bonds.